The predicted molar refractivity (Wildman–Crippen MR) is 157 cm³/mol. The summed E-state index contributed by atoms with van der Waals surface area (Å²) in [7, 11) is -7.33. The van der Waals surface area contributed by atoms with E-state index < -0.39 is 20.2 Å². The molecule has 38 heavy (non-hydrogen) atoms. The van der Waals surface area contributed by atoms with E-state index in [1.54, 1.807) is 0 Å². The maximum Gasteiger partial charge on any atom is 0.261 e. The van der Waals surface area contributed by atoms with Crippen molar-refractivity contribution >= 4 is 20.2 Å². The van der Waals surface area contributed by atoms with Crippen molar-refractivity contribution in [3.63, 3.8) is 0 Å². The highest BCUT2D eigenvalue weighted by molar-refractivity contribution is 7.85. The van der Waals surface area contributed by atoms with Crippen LogP contribution in [0.1, 0.15) is 62.0 Å². The third-order valence-electron chi connectivity index (χ3n) is 5.17. The van der Waals surface area contributed by atoms with Gasteiger partial charge in [-0.1, -0.05) is 75.2 Å². The molecule has 10 heteroatoms. The van der Waals surface area contributed by atoms with Crippen molar-refractivity contribution in [3.8, 4) is 24.7 Å². The number of nitrogens with one attached hydrogen (secondary N) is 2. The fourth-order valence-electron chi connectivity index (χ4n) is 3.90. The fraction of sp³-hybridized carbons (Fsp3) is 0.429. The summed E-state index contributed by atoms with van der Waals surface area (Å²) in [6.07, 6.45) is 16.6. The molecule has 212 valence electrons. The Hall–Kier alpha value is -2.70. The highest BCUT2D eigenvalue weighted by Gasteiger charge is 2.21. The van der Waals surface area contributed by atoms with Gasteiger partial charge in [-0.05, 0) is 47.9 Å². The molecule has 0 fully saturated rings. The zero-order valence-electron chi connectivity index (χ0n) is 20.5. The van der Waals surface area contributed by atoms with Crippen molar-refractivity contribution in [2.24, 2.45) is 0 Å². The van der Waals surface area contributed by atoms with Crippen LogP contribution in [-0.2, 0) is 33.1 Å². The second-order valence-electron chi connectivity index (χ2n) is 8.22. The third kappa shape index (κ3) is 16.9. The molecular weight excluding hydrogens is 524 g/mol. The van der Waals surface area contributed by atoms with Gasteiger partial charge in [0.05, 0.1) is 25.6 Å². The molecule has 4 rings (SSSR count). The molecule has 0 unspecified atom stereocenters. The van der Waals surface area contributed by atoms with Crippen molar-refractivity contribution in [1.29, 1.82) is 0 Å². The minimum atomic E-state index is -3.67. The highest BCUT2D eigenvalue weighted by atomic mass is 32.2. The first-order valence-corrected chi connectivity index (χ1v) is 14.9. The average Bonchev–Trinajstić information content (AvgIpc) is 3.38. The van der Waals surface area contributed by atoms with Crippen molar-refractivity contribution in [3.05, 3.63) is 70.8 Å². The Morgan fingerprint density at radius 3 is 1.32 bits per heavy atom. The van der Waals surface area contributed by atoms with Crippen molar-refractivity contribution in [2.45, 2.75) is 52.6 Å². The quantitative estimate of drug-likeness (QED) is 0.322. The van der Waals surface area contributed by atoms with Crippen LogP contribution in [0.5, 0.6) is 0 Å². The van der Waals surface area contributed by atoms with Gasteiger partial charge in [-0.3, -0.25) is 19.7 Å². The highest BCUT2D eigenvalue weighted by Crippen LogP contribution is 2.31. The lowest BCUT2D eigenvalue weighted by atomic mass is 10.1. The lowest BCUT2D eigenvalue weighted by Gasteiger charge is -2.10. The summed E-state index contributed by atoms with van der Waals surface area (Å²) in [5.41, 5.74) is 5.80. The van der Waals surface area contributed by atoms with E-state index in [-0.39, 0.29) is 14.9 Å². The van der Waals surface area contributed by atoms with E-state index in [9.17, 15) is 16.8 Å². The molecule has 0 saturated carbocycles. The van der Waals surface area contributed by atoms with Crippen LogP contribution in [0.25, 0.3) is 0 Å². The molecule has 2 aromatic rings. The molecule has 2 aliphatic carbocycles. The fourth-order valence-corrected chi connectivity index (χ4v) is 3.90. The summed E-state index contributed by atoms with van der Waals surface area (Å²) >= 11 is 0. The van der Waals surface area contributed by atoms with Crippen LogP contribution in [0.3, 0.4) is 0 Å². The molecule has 0 spiro atoms. The Labute approximate surface area is 230 Å². The lowest BCUT2D eigenvalue weighted by molar-refractivity contribution is 0.488. The molecule has 0 aromatic heterocycles. The molecule has 0 amide bonds. The van der Waals surface area contributed by atoms with Crippen LogP contribution < -0.4 is 10.6 Å². The van der Waals surface area contributed by atoms with Crippen LogP contribution in [0, 0.1) is 24.7 Å². The molecule has 2 aromatic carbocycles. The first-order chi connectivity index (χ1) is 16.8. The number of rotatable bonds is 4. The van der Waals surface area contributed by atoms with Gasteiger partial charge in [-0.15, -0.1) is 12.8 Å². The van der Waals surface area contributed by atoms with Crippen LogP contribution in [-0.4, -0.2) is 51.5 Å². The van der Waals surface area contributed by atoms with E-state index in [0.717, 1.165) is 0 Å². The number of hydrogen-bond donors (Lipinski definition) is 4. The van der Waals surface area contributed by atoms with Gasteiger partial charge in [0, 0.05) is 12.1 Å². The smallest absolute Gasteiger partial charge is 0.261 e. The van der Waals surface area contributed by atoms with E-state index in [1.807, 2.05) is 0 Å². The number of terminal acetylenes is 2. The minimum Gasteiger partial charge on any atom is -0.299 e. The molecule has 4 N–H and O–H groups in total. The van der Waals surface area contributed by atoms with Crippen LogP contribution >= 0.6 is 0 Å². The third-order valence-corrected chi connectivity index (χ3v) is 5.17. The summed E-state index contributed by atoms with van der Waals surface area (Å²) in [5, 5.41) is 6.70. The van der Waals surface area contributed by atoms with Crippen molar-refractivity contribution < 1.29 is 25.9 Å². The van der Waals surface area contributed by atoms with Crippen LogP contribution in [0.15, 0.2) is 48.5 Å². The number of fused-ring (bicyclic) bond motifs is 2. The van der Waals surface area contributed by atoms with Crippen LogP contribution in [0.4, 0.5) is 0 Å². The van der Waals surface area contributed by atoms with Crippen molar-refractivity contribution in [2.75, 3.05) is 25.6 Å². The molecule has 0 bridgehead atoms. The number of hydrogen-bond acceptors (Lipinski definition) is 6. The summed E-state index contributed by atoms with van der Waals surface area (Å²) in [4.78, 5) is 0. The second-order valence-corrected chi connectivity index (χ2v) is 11.1. The van der Waals surface area contributed by atoms with E-state index in [2.05, 4.69) is 71.0 Å². The topological polar surface area (TPSA) is 133 Å². The molecule has 0 aliphatic heterocycles. The van der Waals surface area contributed by atoms with E-state index in [0.29, 0.717) is 37.7 Å². The van der Waals surface area contributed by atoms with E-state index in [1.165, 1.54) is 47.9 Å². The van der Waals surface area contributed by atoms with Gasteiger partial charge in [0.15, 0.2) is 0 Å². The number of aryl methyl sites for hydroxylation is 2. The maximum atomic E-state index is 9.19. The van der Waals surface area contributed by atoms with Gasteiger partial charge >= 0.3 is 0 Å². The molecule has 2 atom stereocenters. The monoisotopic (exact) mass is 566 g/mol. The van der Waals surface area contributed by atoms with Gasteiger partial charge in [-0.2, -0.15) is 16.8 Å². The first-order valence-electron chi connectivity index (χ1n) is 11.2. The Balaban J connectivity index is 0. The van der Waals surface area contributed by atoms with Gasteiger partial charge in [0.25, 0.3) is 20.2 Å². The molecule has 0 saturated heterocycles. The van der Waals surface area contributed by atoms with E-state index >= 15 is 0 Å². The Bertz CT molecular complexity index is 1150. The predicted octanol–water partition coefficient (Wildman–Crippen LogP) is 4.07. The average molecular weight is 567 g/mol. The zero-order valence-corrected chi connectivity index (χ0v) is 22.1. The zero-order chi connectivity index (χ0) is 27.2. The molecule has 0 heterocycles. The summed E-state index contributed by atoms with van der Waals surface area (Å²) in [6.45, 7) is 1.33. The minimum absolute atomic E-state index is 0. The van der Waals surface area contributed by atoms with Gasteiger partial charge < -0.3 is 0 Å². The first kappa shape index (κ1) is 37.5. The Kier molecular flexibility index (Phi) is 18.3. The Morgan fingerprint density at radius 1 is 0.737 bits per heavy atom. The number of benzene rings is 2. The van der Waals surface area contributed by atoms with Gasteiger partial charge in [0.1, 0.15) is 0 Å². The summed E-state index contributed by atoms with van der Waals surface area (Å²) in [6, 6.07) is 18.1. The van der Waals surface area contributed by atoms with Gasteiger partial charge in [0.2, 0.25) is 0 Å². The summed E-state index contributed by atoms with van der Waals surface area (Å²) in [5.74, 6) is 5.23. The normalized spacial score (nSPS) is 16.4. The molecule has 8 nitrogen and oxygen atoms in total. The SMILES string of the molecule is C.C.C#CCN[C@@H]1CCc2ccccc21.C#CCN[C@@H]1CCc2ccccc21.CS(=O)(=O)O.CS(=O)(=O)O. The molecular formula is C28H42N2O6S2. The summed E-state index contributed by atoms with van der Waals surface area (Å²) < 4.78 is 51.7. The maximum absolute atomic E-state index is 9.19. The largest absolute Gasteiger partial charge is 0.299 e. The van der Waals surface area contributed by atoms with Crippen LogP contribution in [0.2, 0.25) is 0 Å². The second kappa shape index (κ2) is 18.5. The molecule has 2 aliphatic rings. The lowest BCUT2D eigenvalue weighted by Crippen LogP contribution is -2.19. The Morgan fingerprint density at radius 2 is 1.03 bits per heavy atom. The standard InChI is InChI=1S/2C12H13N.2CH4O3S.2CH4/c2*1-2-9-13-12-8-7-10-5-3-4-6-11(10)12;2*1-5(2,3)4;;/h2*1,3-6,12-13H,7-9H2;2*1H3,(H,2,3,4);2*1H4/t2*12-;;;;/m11..../s1. The van der Waals surface area contributed by atoms with E-state index in [4.69, 9.17) is 22.0 Å². The van der Waals surface area contributed by atoms with Gasteiger partial charge in [-0.25, -0.2) is 0 Å². The van der Waals surface area contributed by atoms with Crippen molar-refractivity contribution in [1.82, 2.24) is 10.6 Å². The molecule has 0 radical (unpaired) electrons.